The van der Waals surface area contributed by atoms with Gasteiger partial charge in [-0.2, -0.15) is 5.10 Å². The summed E-state index contributed by atoms with van der Waals surface area (Å²) in [6.45, 7) is 8.11. The van der Waals surface area contributed by atoms with Crippen LogP contribution in [0.25, 0.3) is 5.69 Å². The second kappa shape index (κ2) is 6.55. The number of nitrogens with one attached hydrogen (secondary N) is 1. The van der Waals surface area contributed by atoms with E-state index >= 15 is 0 Å². The third-order valence-electron chi connectivity index (χ3n) is 4.05. The molecule has 2 heterocycles. The van der Waals surface area contributed by atoms with Crippen LogP contribution >= 0.6 is 0 Å². The molecule has 6 nitrogen and oxygen atoms in total. The maximum absolute atomic E-state index is 12.5. The highest BCUT2D eigenvalue weighted by molar-refractivity contribution is 5.93. The van der Waals surface area contributed by atoms with E-state index in [9.17, 15) is 4.79 Å². The first-order valence-corrected chi connectivity index (χ1v) is 8.29. The van der Waals surface area contributed by atoms with E-state index < -0.39 is 0 Å². The van der Waals surface area contributed by atoms with Crippen molar-refractivity contribution in [1.29, 1.82) is 0 Å². The molecule has 0 aliphatic heterocycles. The summed E-state index contributed by atoms with van der Waals surface area (Å²) in [7, 11) is 0. The normalized spacial score (nSPS) is 12.8. The highest BCUT2D eigenvalue weighted by atomic mass is 16.1. The molecule has 3 aromatic rings. The lowest BCUT2D eigenvalue weighted by molar-refractivity contribution is 0.0939. The number of benzene rings is 1. The fourth-order valence-corrected chi connectivity index (χ4v) is 2.54. The van der Waals surface area contributed by atoms with E-state index in [-0.39, 0.29) is 17.5 Å². The predicted molar refractivity (Wildman–Crippen MR) is 96.7 cm³/mol. The van der Waals surface area contributed by atoms with Gasteiger partial charge in [0.25, 0.3) is 5.91 Å². The molecule has 25 heavy (non-hydrogen) atoms. The summed E-state index contributed by atoms with van der Waals surface area (Å²) in [5.41, 5.74) is 2.45. The topological polar surface area (TPSA) is 64.7 Å². The van der Waals surface area contributed by atoms with Crippen molar-refractivity contribution in [2.75, 3.05) is 0 Å². The summed E-state index contributed by atoms with van der Waals surface area (Å²) < 4.78 is 3.73. The van der Waals surface area contributed by atoms with Crippen molar-refractivity contribution in [3.05, 3.63) is 66.5 Å². The first kappa shape index (κ1) is 17.0. The number of hydrogen-bond donors (Lipinski definition) is 1. The number of rotatable bonds is 4. The van der Waals surface area contributed by atoms with E-state index in [1.54, 1.807) is 29.6 Å². The van der Waals surface area contributed by atoms with E-state index in [0.29, 0.717) is 5.56 Å². The summed E-state index contributed by atoms with van der Waals surface area (Å²) in [4.78, 5) is 16.6. The third-order valence-corrected chi connectivity index (χ3v) is 4.05. The molecule has 1 atom stereocenters. The summed E-state index contributed by atoms with van der Waals surface area (Å²) in [6.07, 6.45) is 8.77. The number of aromatic nitrogens is 4. The van der Waals surface area contributed by atoms with Crippen LogP contribution in [0.3, 0.4) is 0 Å². The minimum atomic E-state index is -0.150. The van der Waals surface area contributed by atoms with Crippen molar-refractivity contribution in [3.63, 3.8) is 0 Å². The van der Waals surface area contributed by atoms with Gasteiger partial charge in [-0.15, -0.1) is 0 Å². The lowest BCUT2D eigenvalue weighted by Gasteiger charge is -2.18. The van der Waals surface area contributed by atoms with Crippen molar-refractivity contribution < 1.29 is 4.79 Å². The lowest BCUT2D eigenvalue weighted by Crippen LogP contribution is -2.27. The molecule has 0 aliphatic carbocycles. The Balaban J connectivity index is 1.74. The third kappa shape index (κ3) is 3.79. The summed E-state index contributed by atoms with van der Waals surface area (Å²) >= 11 is 0. The van der Waals surface area contributed by atoms with Gasteiger partial charge in [-0.1, -0.05) is 12.1 Å². The predicted octanol–water partition coefficient (Wildman–Crippen LogP) is 3.31. The molecule has 1 amide bonds. The minimum Gasteiger partial charge on any atom is -0.345 e. The van der Waals surface area contributed by atoms with Gasteiger partial charge in [0, 0.05) is 24.3 Å². The lowest BCUT2D eigenvalue weighted by atomic mass is 10.1. The maximum Gasteiger partial charge on any atom is 0.254 e. The second-order valence-electron chi connectivity index (χ2n) is 7.10. The molecular formula is C19H23N5O. The monoisotopic (exact) mass is 337 g/mol. The fraction of sp³-hybridized carbons (Fsp3) is 0.316. The van der Waals surface area contributed by atoms with Crippen molar-refractivity contribution in [1.82, 2.24) is 24.6 Å². The highest BCUT2D eigenvalue weighted by Crippen LogP contribution is 2.18. The fourth-order valence-electron chi connectivity index (χ4n) is 2.54. The van der Waals surface area contributed by atoms with Crippen LogP contribution in [-0.4, -0.2) is 25.2 Å². The van der Waals surface area contributed by atoms with Gasteiger partial charge in [0.05, 0.1) is 29.7 Å². The van der Waals surface area contributed by atoms with Gasteiger partial charge >= 0.3 is 0 Å². The van der Waals surface area contributed by atoms with Crippen LogP contribution < -0.4 is 5.32 Å². The van der Waals surface area contributed by atoms with E-state index in [0.717, 1.165) is 11.3 Å². The van der Waals surface area contributed by atoms with Gasteiger partial charge in [-0.05, 0) is 45.4 Å². The Morgan fingerprint density at radius 1 is 1.28 bits per heavy atom. The summed E-state index contributed by atoms with van der Waals surface area (Å²) in [5, 5.41) is 7.31. The molecule has 2 aromatic heterocycles. The number of hydrogen-bond acceptors (Lipinski definition) is 3. The molecule has 0 bridgehead atoms. The largest absolute Gasteiger partial charge is 0.345 e. The van der Waals surface area contributed by atoms with Gasteiger partial charge in [-0.3, -0.25) is 9.48 Å². The Morgan fingerprint density at radius 3 is 2.72 bits per heavy atom. The number of nitrogens with zero attached hydrogens (tertiary/aromatic N) is 4. The molecule has 0 aliphatic rings. The van der Waals surface area contributed by atoms with Crippen LogP contribution in [0, 0.1) is 0 Å². The SMILES string of the molecule is C[C@@H](NC(=O)c1cnn(C(C)(C)C)c1)c1cccc(-n2ccnc2)c1. The molecule has 0 saturated heterocycles. The Morgan fingerprint density at radius 2 is 2.08 bits per heavy atom. The van der Waals surface area contributed by atoms with Crippen LogP contribution in [0.1, 0.15) is 49.7 Å². The molecule has 130 valence electrons. The molecule has 0 radical (unpaired) electrons. The summed E-state index contributed by atoms with van der Waals surface area (Å²) in [5.74, 6) is -0.129. The number of amides is 1. The van der Waals surface area contributed by atoms with Gasteiger partial charge in [0.2, 0.25) is 0 Å². The smallest absolute Gasteiger partial charge is 0.254 e. The van der Waals surface area contributed by atoms with Crippen LogP contribution in [0.5, 0.6) is 0 Å². The Kier molecular flexibility index (Phi) is 4.44. The average Bonchev–Trinajstić information content (AvgIpc) is 3.26. The van der Waals surface area contributed by atoms with Gasteiger partial charge in [0.15, 0.2) is 0 Å². The number of carbonyl (C=O) groups is 1. The van der Waals surface area contributed by atoms with Crippen molar-refractivity contribution in [2.24, 2.45) is 0 Å². The number of carbonyl (C=O) groups excluding carboxylic acids is 1. The second-order valence-corrected chi connectivity index (χ2v) is 7.10. The molecule has 3 rings (SSSR count). The minimum absolute atomic E-state index is 0.117. The maximum atomic E-state index is 12.5. The molecule has 1 N–H and O–H groups in total. The highest BCUT2D eigenvalue weighted by Gasteiger charge is 2.18. The molecule has 0 unspecified atom stereocenters. The van der Waals surface area contributed by atoms with E-state index in [4.69, 9.17) is 0 Å². The Bertz CT molecular complexity index is 858. The average molecular weight is 337 g/mol. The molecule has 0 fully saturated rings. The molecule has 1 aromatic carbocycles. The van der Waals surface area contributed by atoms with Crippen molar-refractivity contribution >= 4 is 5.91 Å². The summed E-state index contributed by atoms with van der Waals surface area (Å²) in [6, 6.07) is 7.92. The van der Waals surface area contributed by atoms with E-state index in [1.807, 2.05) is 62.7 Å². The first-order valence-electron chi connectivity index (χ1n) is 8.29. The molecular weight excluding hydrogens is 314 g/mol. The molecule has 0 spiro atoms. The zero-order valence-electron chi connectivity index (χ0n) is 15.0. The van der Waals surface area contributed by atoms with Gasteiger partial charge in [-0.25, -0.2) is 4.98 Å². The van der Waals surface area contributed by atoms with Crippen molar-refractivity contribution in [3.8, 4) is 5.69 Å². The van der Waals surface area contributed by atoms with Gasteiger partial charge < -0.3 is 9.88 Å². The van der Waals surface area contributed by atoms with Gasteiger partial charge in [0.1, 0.15) is 0 Å². The number of imidazole rings is 1. The zero-order valence-corrected chi connectivity index (χ0v) is 15.0. The van der Waals surface area contributed by atoms with Crippen molar-refractivity contribution in [2.45, 2.75) is 39.3 Å². The Labute approximate surface area is 147 Å². The van der Waals surface area contributed by atoms with Crippen LogP contribution in [0.4, 0.5) is 0 Å². The van der Waals surface area contributed by atoms with E-state index in [2.05, 4.69) is 15.4 Å². The first-order chi connectivity index (χ1) is 11.8. The molecule has 0 saturated carbocycles. The molecule has 6 heteroatoms. The van der Waals surface area contributed by atoms with Crippen LogP contribution in [-0.2, 0) is 5.54 Å². The Hall–Kier alpha value is -2.89. The zero-order chi connectivity index (χ0) is 18.0. The quantitative estimate of drug-likeness (QED) is 0.794. The van der Waals surface area contributed by atoms with Crippen LogP contribution in [0.2, 0.25) is 0 Å². The van der Waals surface area contributed by atoms with Crippen LogP contribution in [0.15, 0.2) is 55.4 Å². The standard InChI is InChI=1S/C19H23N5O/c1-14(15-6-5-7-17(10-15)23-9-8-20-13-23)22-18(25)16-11-21-24(12-16)19(2,3)4/h5-14H,1-4H3,(H,22,25)/t14-/m1/s1. The van der Waals surface area contributed by atoms with E-state index in [1.165, 1.54) is 0 Å².